The molecule has 2 heterocycles. The maximum atomic E-state index is 13.4. The Balaban J connectivity index is 1.39. The lowest BCUT2D eigenvalue weighted by molar-refractivity contribution is -0.134. The molecule has 3 aromatic carbocycles. The van der Waals surface area contributed by atoms with E-state index in [2.05, 4.69) is 5.10 Å². The summed E-state index contributed by atoms with van der Waals surface area (Å²) in [6.07, 6.45) is 0.527. The number of halogens is 1. The molecule has 33 heavy (non-hydrogen) atoms. The number of hydrogen-bond donors (Lipinski definition) is 0. The topological polar surface area (TPSA) is 54.4 Å². The maximum Gasteiger partial charge on any atom is 0.257 e. The van der Waals surface area contributed by atoms with E-state index < -0.39 is 0 Å². The Bertz CT molecular complexity index is 1180. The van der Waals surface area contributed by atoms with Gasteiger partial charge < -0.3 is 9.47 Å². The quantitative estimate of drug-likeness (QED) is 0.566. The van der Waals surface area contributed by atoms with Crippen molar-refractivity contribution in [2.75, 3.05) is 20.4 Å². The monoisotopic (exact) mass is 445 g/mol. The van der Waals surface area contributed by atoms with E-state index in [1.54, 1.807) is 17.1 Å². The number of benzene rings is 3. The zero-order chi connectivity index (χ0) is 22.8. The molecule has 0 bridgehead atoms. The molecular weight excluding hydrogens is 421 g/mol. The van der Waals surface area contributed by atoms with Crippen molar-refractivity contribution in [3.05, 3.63) is 95.3 Å². The average Bonchev–Trinajstić information content (AvgIpc) is 3.47. The minimum atomic E-state index is -0.305. The van der Waals surface area contributed by atoms with Crippen molar-refractivity contribution in [1.82, 2.24) is 9.91 Å². The number of amides is 1. The molecule has 6 nitrogen and oxygen atoms in total. The second-order valence-corrected chi connectivity index (χ2v) is 8.28. The van der Waals surface area contributed by atoms with Crippen molar-refractivity contribution < 1.29 is 18.7 Å². The van der Waals surface area contributed by atoms with Crippen LogP contribution in [0.3, 0.4) is 0 Å². The lowest BCUT2D eigenvalue weighted by Crippen LogP contribution is -2.36. The van der Waals surface area contributed by atoms with Crippen LogP contribution >= 0.6 is 0 Å². The van der Waals surface area contributed by atoms with Crippen molar-refractivity contribution in [2.24, 2.45) is 5.10 Å². The first kappa shape index (κ1) is 21.2. The van der Waals surface area contributed by atoms with Gasteiger partial charge in [-0.15, -0.1) is 0 Å². The van der Waals surface area contributed by atoms with Crippen LogP contribution in [0, 0.1) is 5.82 Å². The van der Waals surface area contributed by atoms with Crippen molar-refractivity contribution in [3.63, 3.8) is 0 Å². The van der Waals surface area contributed by atoms with Gasteiger partial charge in [0, 0.05) is 13.0 Å². The van der Waals surface area contributed by atoms with Crippen LogP contribution in [0.5, 0.6) is 11.5 Å². The van der Waals surface area contributed by atoms with Gasteiger partial charge in [-0.3, -0.25) is 9.69 Å². The molecule has 1 amide bonds. The molecule has 2 aliphatic heterocycles. The molecule has 0 aromatic heterocycles. The Morgan fingerprint density at radius 1 is 1.06 bits per heavy atom. The van der Waals surface area contributed by atoms with Gasteiger partial charge in [-0.05, 0) is 48.0 Å². The minimum absolute atomic E-state index is 0.104. The highest BCUT2D eigenvalue weighted by atomic mass is 19.1. The first-order chi connectivity index (χ1) is 16.1. The number of carbonyl (C=O) groups is 1. The molecule has 3 aromatic rings. The van der Waals surface area contributed by atoms with Crippen molar-refractivity contribution in [1.29, 1.82) is 0 Å². The maximum absolute atomic E-state index is 13.4. The Hall–Kier alpha value is -3.71. The lowest BCUT2D eigenvalue weighted by Gasteiger charge is -2.25. The summed E-state index contributed by atoms with van der Waals surface area (Å²) >= 11 is 0. The third-order valence-electron chi connectivity index (χ3n) is 5.83. The fourth-order valence-corrected chi connectivity index (χ4v) is 4.19. The summed E-state index contributed by atoms with van der Waals surface area (Å²) in [7, 11) is 1.92. The molecule has 2 aliphatic rings. The summed E-state index contributed by atoms with van der Waals surface area (Å²) in [5.74, 6) is 0.946. The van der Waals surface area contributed by atoms with E-state index in [1.165, 1.54) is 12.1 Å². The molecule has 0 fully saturated rings. The van der Waals surface area contributed by atoms with Crippen LogP contribution in [-0.2, 0) is 11.3 Å². The highest BCUT2D eigenvalue weighted by Crippen LogP contribution is 2.39. The molecule has 0 N–H and O–H groups in total. The molecule has 168 valence electrons. The number of fused-ring (bicyclic) bond motifs is 1. The van der Waals surface area contributed by atoms with E-state index in [-0.39, 0.29) is 31.1 Å². The molecular formula is C26H24FN3O3. The predicted molar refractivity (Wildman–Crippen MR) is 122 cm³/mol. The van der Waals surface area contributed by atoms with Gasteiger partial charge in [0.1, 0.15) is 5.82 Å². The Labute approximate surface area is 191 Å². The SMILES string of the molecule is CN(CC(=O)N1N=C(c2ccc(F)cc2)CC1c1ccc2c(c1)OCO2)Cc1ccccc1. The van der Waals surface area contributed by atoms with Crippen molar-refractivity contribution in [3.8, 4) is 11.5 Å². The number of ether oxygens (including phenoxy) is 2. The molecule has 0 spiro atoms. The zero-order valence-electron chi connectivity index (χ0n) is 18.3. The second kappa shape index (κ2) is 9.03. The Morgan fingerprint density at radius 3 is 2.61 bits per heavy atom. The van der Waals surface area contributed by atoms with Gasteiger partial charge in [0.25, 0.3) is 5.91 Å². The number of nitrogens with zero attached hydrogens (tertiary/aromatic N) is 3. The van der Waals surface area contributed by atoms with Gasteiger partial charge in [-0.1, -0.05) is 48.5 Å². The summed E-state index contributed by atoms with van der Waals surface area (Å²) in [4.78, 5) is 15.3. The Morgan fingerprint density at radius 2 is 1.82 bits per heavy atom. The molecule has 7 heteroatoms. The van der Waals surface area contributed by atoms with Gasteiger partial charge in [0.15, 0.2) is 11.5 Å². The highest BCUT2D eigenvalue weighted by Gasteiger charge is 2.34. The largest absolute Gasteiger partial charge is 0.454 e. The number of likely N-dealkylation sites (N-methyl/N-ethyl adjacent to an activating group) is 1. The first-order valence-corrected chi connectivity index (χ1v) is 10.8. The summed E-state index contributed by atoms with van der Waals surface area (Å²) in [5.41, 5.74) is 3.60. The standard InChI is InChI=1S/C26H24FN3O3/c1-29(15-18-5-3-2-4-6-18)16-26(31)30-23(20-9-12-24-25(13-20)33-17-32-24)14-22(28-30)19-7-10-21(27)11-8-19/h2-13,23H,14-17H2,1H3. The number of rotatable bonds is 6. The molecule has 0 aliphatic carbocycles. The molecule has 1 atom stereocenters. The van der Waals surface area contributed by atoms with Crippen LogP contribution in [0.1, 0.15) is 29.2 Å². The van der Waals surface area contributed by atoms with Crippen LogP contribution in [0.25, 0.3) is 0 Å². The van der Waals surface area contributed by atoms with Crippen LogP contribution in [0.4, 0.5) is 4.39 Å². The molecule has 1 unspecified atom stereocenters. The third kappa shape index (κ3) is 4.59. The van der Waals surface area contributed by atoms with Gasteiger partial charge >= 0.3 is 0 Å². The van der Waals surface area contributed by atoms with Crippen LogP contribution in [-0.4, -0.2) is 41.9 Å². The van der Waals surface area contributed by atoms with E-state index in [4.69, 9.17) is 9.47 Å². The Kier molecular flexibility index (Phi) is 5.79. The molecule has 0 saturated carbocycles. The smallest absolute Gasteiger partial charge is 0.257 e. The summed E-state index contributed by atoms with van der Waals surface area (Å²) in [6, 6.07) is 21.7. The van der Waals surface area contributed by atoms with Crippen LogP contribution in [0.2, 0.25) is 0 Å². The number of carbonyl (C=O) groups excluding carboxylic acids is 1. The minimum Gasteiger partial charge on any atom is -0.454 e. The highest BCUT2D eigenvalue weighted by molar-refractivity contribution is 6.03. The molecule has 0 radical (unpaired) electrons. The number of hydrogen-bond acceptors (Lipinski definition) is 5. The first-order valence-electron chi connectivity index (χ1n) is 10.8. The number of hydrazone groups is 1. The zero-order valence-corrected chi connectivity index (χ0v) is 18.3. The predicted octanol–water partition coefficient (Wildman–Crippen LogP) is 4.36. The second-order valence-electron chi connectivity index (χ2n) is 8.28. The lowest BCUT2D eigenvalue weighted by atomic mass is 9.98. The van der Waals surface area contributed by atoms with Gasteiger partial charge in [-0.2, -0.15) is 5.10 Å². The summed E-state index contributed by atoms with van der Waals surface area (Å²) in [6.45, 7) is 1.06. The fourth-order valence-electron chi connectivity index (χ4n) is 4.19. The van der Waals surface area contributed by atoms with Crippen molar-refractivity contribution in [2.45, 2.75) is 19.0 Å². The van der Waals surface area contributed by atoms with E-state index in [0.29, 0.717) is 24.5 Å². The molecule has 5 rings (SSSR count). The fraction of sp³-hybridized carbons (Fsp3) is 0.231. The van der Waals surface area contributed by atoms with E-state index in [0.717, 1.165) is 22.4 Å². The summed E-state index contributed by atoms with van der Waals surface area (Å²) < 4.78 is 24.4. The average molecular weight is 445 g/mol. The summed E-state index contributed by atoms with van der Waals surface area (Å²) in [5, 5.41) is 6.23. The van der Waals surface area contributed by atoms with Crippen LogP contribution in [0.15, 0.2) is 77.9 Å². The molecule has 0 saturated heterocycles. The normalized spacial score (nSPS) is 16.9. The van der Waals surface area contributed by atoms with E-state index in [9.17, 15) is 9.18 Å². The van der Waals surface area contributed by atoms with Gasteiger partial charge in [-0.25, -0.2) is 9.40 Å². The van der Waals surface area contributed by atoms with Crippen LogP contribution < -0.4 is 9.47 Å². The van der Waals surface area contributed by atoms with Gasteiger partial charge in [0.05, 0.1) is 18.3 Å². The van der Waals surface area contributed by atoms with E-state index in [1.807, 2.05) is 60.5 Å². The van der Waals surface area contributed by atoms with E-state index >= 15 is 0 Å². The van der Waals surface area contributed by atoms with Crippen molar-refractivity contribution >= 4 is 11.6 Å². The third-order valence-corrected chi connectivity index (χ3v) is 5.83. The van der Waals surface area contributed by atoms with Gasteiger partial charge in [0.2, 0.25) is 6.79 Å².